The molecule has 1 aromatic heterocycles. The van der Waals surface area contributed by atoms with Gasteiger partial charge < -0.3 is 10.5 Å². The molecule has 0 bridgehead atoms. The molecule has 0 aliphatic carbocycles. The number of hydrogen-bond donors (Lipinski definition) is 1. The van der Waals surface area contributed by atoms with Gasteiger partial charge in [0, 0.05) is 36.0 Å². The molecule has 1 aliphatic heterocycles. The highest BCUT2D eigenvalue weighted by Crippen LogP contribution is 2.27. The summed E-state index contributed by atoms with van der Waals surface area (Å²) >= 11 is 5.92. The molecule has 6 nitrogen and oxygen atoms in total. The van der Waals surface area contributed by atoms with Gasteiger partial charge in [0.05, 0.1) is 0 Å². The molecule has 3 rings (SSSR count). The molecule has 2 N–H and O–H groups in total. The Morgan fingerprint density at radius 2 is 2.15 bits per heavy atom. The summed E-state index contributed by atoms with van der Waals surface area (Å²) in [5.74, 6) is 1.23. The molecule has 7 heteroatoms. The van der Waals surface area contributed by atoms with Gasteiger partial charge in [-0.25, -0.2) is 4.68 Å². The van der Waals surface area contributed by atoms with Crippen molar-refractivity contribution in [2.45, 2.75) is 19.4 Å². The summed E-state index contributed by atoms with van der Waals surface area (Å²) in [5.41, 5.74) is 7.40. The van der Waals surface area contributed by atoms with Gasteiger partial charge in [-0.15, -0.1) is 5.10 Å². The topological polar surface area (TPSA) is 78.9 Å². The quantitative estimate of drug-likeness (QED) is 0.876. The maximum Gasteiger partial charge on any atom is 0.184 e. The Morgan fingerprint density at radius 1 is 1.35 bits per heavy atom. The van der Waals surface area contributed by atoms with Gasteiger partial charge in [0.15, 0.2) is 5.82 Å². The highest BCUT2D eigenvalue weighted by Gasteiger charge is 2.18. The van der Waals surface area contributed by atoms with Crippen LogP contribution < -0.4 is 5.73 Å². The standard InChI is InChI=1S/C13H16ClN5O/c14-10-1-2-11(12(15)7-10)13-16-17-18-19(13)8-9-3-5-20-6-4-9/h1-2,7,9H,3-6,8,15H2. The maximum absolute atomic E-state index is 6.00. The molecular weight excluding hydrogens is 278 g/mol. The van der Waals surface area contributed by atoms with Crippen LogP contribution in [0.5, 0.6) is 0 Å². The highest BCUT2D eigenvalue weighted by atomic mass is 35.5. The molecule has 1 fully saturated rings. The third-order valence-corrected chi connectivity index (χ3v) is 3.79. The Kier molecular flexibility index (Phi) is 3.84. The first-order chi connectivity index (χ1) is 9.74. The van der Waals surface area contributed by atoms with Crippen LogP contribution in [-0.2, 0) is 11.3 Å². The van der Waals surface area contributed by atoms with Gasteiger partial charge in [0.2, 0.25) is 0 Å². The van der Waals surface area contributed by atoms with Crippen LogP contribution in [0.4, 0.5) is 5.69 Å². The van der Waals surface area contributed by atoms with Crippen LogP contribution in [0.25, 0.3) is 11.4 Å². The number of ether oxygens (including phenoxy) is 1. The fourth-order valence-electron chi connectivity index (χ4n) is 2.43. The number of hydrogen-bond acceptors (Lipinski definition) is 5. The molecule has 1 aliphatic rings. The van der Waals surface area contributed by atoms with E-state index in [4.69, 9.17) is 22.1 Å². The predicted octanol–water partition coefficient (Wildman–Crippen LogP) is 2.00. The van der Waals surface area contributed by atoms with Crippen molar-refractivity contribution in [3.05, 3.63) is 23.2 Å². The average Bonchev–Trinajstić information content (AvgIpc) is 2.88. The van der Waals surface area contributed by atoms with Crippen LogP contribution in [0.1, 0.15) is 12.8 Å². The van der Waals surface area contributed by atoms with Gasteiger partial charge >= 0.3 is 0 Å². The van der Waals surface area contributed by atoms with E-state index in [0.29, 0.717) is 22.5 Å². The monoisotopic (exact) mass is 293 g/mol. The van der Waals surface area contributed by atoms with E-state index in [1.165, 1.54) is 0 Å². The van der Waals surface area contributed by atoms with Gasteiger partial charge in [0.1, 0.15) is 0 Å². The number of nitrogens with zero attached hydrogens (tertiary/aromatic N) is 4. The third kappa shape index (κ3) is 2.76. The molecule has 0 saturated carbocycles. The van der Waals surface area contributed by atoms with E-state index in [9.17, 15) is 0 Å². The number of aromatic nitrogens is 4. The van der Waals surface area contributed by atoms with Gasteiger partial charge in [-0.3, -0.25) is 0 Å². The van der Waals surface area contributed by atoms with E-state index in [1.54, 1.807) is 12.1 Å². The molecule has 0 amide bonds. The molecule has 2 aromatic rings. The Balaban J connectivity index is 1.85. The lowest BCUT2D eigenvalue weighted by Gasteiger charge is -2.22. The van der Waals surface area contributed by atoms with Crippen molar-refractivity contribution >= 4 is 17.3 Å². The predicted molar refractivity (Wildman–Crippen MR) is 76.2 cm³/mol. The van der Waals surface area contributed by atoms with Gasteiger partial charge in [-0.05, 0) is 47.4 Å². The summed E-state index contributed by atoms with van der Waals surface area (Å²) in [4.78, 5) is 0. The lowest BCUT2D eigenvalue weighted by molar-refractivity contribution is 0.0601. The van der Waals surface area contributed by atoms with Gasteiger partial charge in [0.25, 0.3) is 0 Å². The van der Waals surface area contributed by atoms with Crippen molar-refractivity contribution in [1.29, 1.82) is 0 Å². The summed E-state index contributed by atoms with van der Waals surface area (Å²) in [7, 11) is 0. The van der Waals surface area contributed by atoms with Crippen LogP contribution in [0.15, 0.2) is 18.2 Å². The molecule has 1 aromatic carbocycles. The summed E-state index contributed by atoms with van der Waals surface area (Å²) in [5, 5.41) is 12.5. The van der Waals surface area contributed by atoms with Gasteiger partial charge in [-0.1, -0.05) is 11.6 Å². The number of nitrogen functional groups attached to an aromatic ring is 1. The van der Waals surface area contributed by atoms with E-state index in [1.807, 2.05) is 10.7 Å². The number of tetrazole rings is 1. The lowest BCUT2D eigenvalue weighted by Crippen LogP contribution is -2.21. The first-order valence-electron chi connectivity index (χ1n) is 6.63. The second-order valence-corrected chi connectivity index (χ2v) is 5.41. The van der Waals surface area contributed by atoms with Crippen molar-refractivity contribution in [3.8, 4) is 11.4 Å². The van der Waals surface area contributed by atoms with Crippen LogP contribution in [0.3, 0.4) is 0 Å². The van der Waals surface area contributed by atoms with E-state index in [2.05, 4.69) is 15.5 Å². The second-order valence-electron chi connectivity index (χ2n) is 4.97. The lowest BCUT2D eigenvalue weighted by atomic mass is 10.0. The first-order valence-corrected chi connectivity index (χ1v) is 7.01. The fourth-order valence-corrected chi connectivity index (χ4v) is 2.61. The van der Waals surface area contributed by atoms with E-state index in [-0.39, 0.29) is 0 Å². The van der Waals surface area contributed by atoms with Crippen molar-refractivity contribution < 1.29 is 4.74 Å². The molecule has 20 heavy (non-hydrogen) atoms. The molecule has 0 radical (unpaired) electrons. The van der Waals surface area contributed by atoms with E-state index < -0.39 is 0 Å². The number of benzene rings is 1. The Morgan fingerprint density at radius 3 is 2.90 bits per heavy atom. The normalized spacial score (nSPS) is 16.4. The van der Waals surface area contributed by atoms with Crippen LogP contribution in [0, 0.1) is 5.92 Å². The smallest absolute Gasteiger partial charge is 0.184 e. The summed E-state index contributed by atoms with van der Waals surface area (Å²) in [6.07, 6.45) is 2.07. The van der Waals surface area contributed by atoms with Crippen LogP contribution >= 0.6 is 11.6 Å². The van der Waals surface area contributed by atoms with E-state index >= 15 is 0 Å². The fraction of sp³-hybridized carbons (Fsp3) is 0.462. The van der Waals surface area contributed by atoms with Crippen molar-refractivity contribution in [2.24, 2.45) is 5.92 Å². The Hall–Kier alpha value is -1.66. The van der Waals surface area contributed by atoms with Crippen molar-refractivity contribution in [1.82, 2.24) is 20.2 Å². The minimum Gasteiger partial charge on any atom is -0.398 e. The zero-order valence-electron chi connectivity index (χ0n) is 11.0. The Labute approximate surface area is 121 Å². The molecule has 106 valence electrons. The number of nitrogens with two attached hydrogens (primary N) is 1. The molecule has 1 saturated heterocycles. The van der Waals surface area contributed by atoms with Crippen LogP contribution in [0.2, 0.25) is 5.02 Å². The van der Waals surface area contributed by atoms with E-state index in [0.717, 1.165) is 38.2 Å². The summed E-state index contributed by atoms with van der Waals surface area (Å²) in [6.45, 7) is 2.41. The Bertz CT molecular complexity index is 594. The summed E-state index contributed by atoms with van der Waals surface area (Å²) < 4.78 is 7.19. The zero-order valence-corrected chi connectivity index (χ0v) is 11.8. The van der Waals surface area contributed by atoms with Crippen molar-refractivity contribution in [3.63, 3.8) is 0 Å². The maximum atomic E-state index is 6.00. The molecule has 0 spiro atoms. The number of halogens is 1. The molecular formula is C13H16ClN5O. The van der Waals surface area contributed by atoms with Gasteiger partial charge in [-0.2, -0.15) is 0 Å². The molecule has 0 atom stereocenters. The SMILES string of the molecule is Nc1cc(Cl)ccc1-c1nnnn1CC1CCOCC1. The van der Waals surface area contributed by atoms with Crippen LogP contribution in [-0.4, -0.2) is 33.4 Å². The average molecular weight is 294 g/mol. The zero-order chi connectivity index (χ0) is 13.9. The highest BCUT2D eigenvalue weighted by molar-refractivity contribution is 6.31. The van der Waals surface area contributed by atoms with Crippen molar-refractivity contribution in [2.75, 3.05) is 18.9 Å². The molecule has 2 heterocycles. The minimum absolute atomic E-state index is 0.541. The minimum atomic E-state index is 0.541. The third-order valence-electron chi connectivity index (χ3n) is 3.56. The number of rotatable bonds is 3. The second kappa shape index (κ2) is 5.76. The number of anilines is 1. The first kappa shape index (κ1) is 13.3. The largest absolute Gasteiger partial charge is 0.398 e. The summed E-state index contributed by atoms with van der Waals surface area (Å²) in [6, 6.07) is 5.36. The molecule has 0 unspecified atom stereocenters.